The van der Waals surface area contributed by atoms with Gasteiger partial charge >= 0.3 is 12.3 Å². The summed E-state index contributed by atoms with van der Waals surface area (Å²) in [6, 6.07) is 4.02. The molecular formula is C20H23F4N5O3. The lowest BCUT2D eigenvalue weighted by atomic mass is 10.1. The Morgan fingerprint density at radius 2 is 1.84 bits per heavy atom. The summed E-state index contributed by atoms with van der Waals surface area (Å²) in [7, 11) is 0. The number of pyridine rings is 1. The van der Waals surface area contributed by atoms with Gasteiger partial charge in [0.05, 0.1) is 6.04 Å². The average molecular weight is 457 g/mol. The third kappa shape index (κ3) is 6.59. The molecule has 2 rings (SSSR count). The number of anilines is 1. The number of rotatable bonds is 9. The molecule has 0 saturated heterocycles. The average Bonchev–Trinajstić information content (AvgIpc) is 2.72. The minimum atomic E-state index is -4.34. The van der Waals surface area contributed by atoms with Gasteiger partial charge in [0.1, 0.15) is 5.82 Å². The molecule has 12 heteroatoms. The third-order valence-corrected chi connectivity index (χ3v) is 4.30. The number of nitrogens with one attached hydrogen (secondary N) is 2. The van der Waals surface area contributed by atoms with Gasteiger partial charge in [-0.25, -0.2) is 13.8 Å². The summed E-state index contributed by atoms with van der Waals surface area (Å²) in [4.78, 5) is 28.4. The van der Waals surface area contributed by atoms with Crippen molar-refractivity contribution in [3.05, 3.63) is 41.2 Å². The second-order valence-corrected chi connectivity index (χ2v) is 7.38. The van der Waals surface area contributed by atoms with Gasteiger partial charge in [0.15, 0.2) is 12.3 Å². The molecular weight excluding hydrogens is 434 g/mol. The summed E-state index contributed by atoms with van der Waals surface area (Å²) in [5, 5.41) is 12.5. The van der Waals surface area contributed by atoms with Gasteiger partial charge in [-0.3, -0.25) is 9.59 Å². The zero-order valence-electron chi connectivity index (χ0n) is 17.8. The molecule has 0 bridgehead atoms. The third-order valence-electron chi connectivity index (χ3n) is 4.30. The van der Waals surface area contributed by atoms with Crippen molar-refractivity contribution >= 4 is 17.6 Å². The highest BCUT2D eigenvalue weighted by Gasteiger charge is 2.42. The van der Waals surface area contributed by atoms with Crippen molar-refractivity contribution < 1.29 is 31.9 Å². The first-order valence-electron chi connectivity index (χ1n) is 9.61. The van der Waals surface area contributed by atoms with E-state index in [1.54, 1.807) is 32.9 Å². The topological polar surface area (TPSA) is 106 Å². The van der Waals surface area contributed by atoms with Gasteiger partial charge in [0, 0.05) is 17.7 Å². The van der Waals surface area contributed by atoms with Crippen molar-refractivity contribution in [2.75, 3.05) is 11.9 Å². The molecule has 0 aliphatic carbocycles. The van der Waals surface area contributed by atoms with E-state index in [4.69, 9.17) is 0 Å². The van der Waals surface area contributed by atoms with Crippen LogP contribution in [-0.4, -0.2) is 46.0 Å². The van der Waals surface area contributed by atoms with Crippen LogP contribution in [-0.2, 0) is 4.79 Å². The molecule has 2 aromatic rings. The maximum Gasteiger partial charge on any atom is 0.340 e. The van der Waals surface area contributed by atoms with Crippen molar-refractivity contribution in [1.29, 1.82) is 0 Å². The first-order chi connectivity index (χ1) is 14.9. The summed E-state index contributed by atoms with van der Waals surface area (Å²) in [6.07, 6.45) is -2.39. The lowest BCUT2D eigenvalue weighted by Gasteiger charge is -2.17. The summed E-state index contributed by atoms with van der Waals surface area (Å²) >= 11 is 0. The number of carbonyl (C=O) groups is 2. The molecule has 2 N–H and O–H groups in total. The van der Waals surface area contributed by atoms with Crippen LogP contribution in [0.3, 0.4) is 0 Å². The first kappa shape index (κ1) is 25.0. The summed E-state index contributed by atoms with van der Waals surface area (Å²) in [5.74, 6) is -5.42. The van der Waals surface area contributed by atoms with Gasteiger partial charge in [-0.1, -0.05) is 13.8 Å². The fourth-order valence-corrected chi connectivity index (χ4v) is 2.36. The van der Waals surface area contributed by atoms with Crippen molar-refractivity contribution in [1.82, 2.24) is 20.5 Å². The van der Waals surface area contributed by atoms with E-state index in [2.05, 4.69) is 30.6 Å². The van der Waals surface area contributed by atoms with Gasteiger partial charge in [-0.15, -0.1) is 10.2 Å². The Bertz CT molecular complexity index is 972. The summed E-state index contributed by atoms with van der Waals surface area (Å²) in [5.41, 5.74) is 0.710. The minimum absolute atomic E-state index is 0.121. The number of nitrogens with zero attached hydrogens (tertiary/aromatic N) is 3. The van der Waals surface area contributed by atoms with Crippen LogP contribution in [0.15, 0.2) is 24.4 Å². The van der Waals surface area contributed by atoms with Crippen LogP contribution in [0.1, 0.15) is 48.4 Å². The Kier molecular flexibility index (Phi) is 8.06. The van der Waals surface area contributed by atoms with Crippen molar-refractivity contribution in [2.45, 2.75) is 46.1 Å². The Morgan fingerprint density at radius 1 is 1.16 bits per heavy atom. The Labute approximate surface area is 181 Å². The second kappa shape index (κ2) is 10.3. The molecule has 0 spiro atoms. The molecule has 0 aliphatic rings. The normalized spacial score (nSPS) is 12.6. The van der Waals surface area contributed by atoms with Crippen molar-refractivity contribution in [2.24, 2.45) is 5.92 Å². The van der Waals surface area contributed by atoms with Crippen LogP contribution in [0.25, 0.3) is 0 Å². The highest BCUT2D eigenvalue weighted by Crippen LogP contribution is 2.25. The molecule has 1 unspecified atom stereocenters. The van der Waals surface area contributed by atoms with Gasteiger partial charge < -0.3 is 15.4 Å². The molecule has 0 radical (unpaired) electrons. The van der Waals surface area contributed by atoms with Crippen LogP contribution < -0.4 is 15.4 Å². The largest absolute Gasteiger partial charge is 0.470 e. The van der Waals surface area contributed by atoms with Gasteiger partial charge in [0.2, 0.25) is 11.8 Å². The number of aryl methyl sites for hydroxylation is 1. The lowest BCUT2D eigenvalue weighted by molar-refractivity contribution is -0.148. The predicted octanol–water partition coefficient (Wildman–Crippen LogP) is 3.54. The van der Waals surface area contributed by atoms with E-state index in [-0.39, 0.29) is 29.0 Å². The van der Waals surface area contributed by atoms with E-state index < -0.39 is 30.9 Å². The SMILES string of the molecule is Cc1cc(C(=O)NC(C)c2ccnc(NC(=O)C(C)C)c2)nnc1OCC(F)(F)C(F)F. The zero-order chi connectivity index (χ0) is 24.1. The number of aromatic nitrogens is 3. The molecule has 32 heavy (non-hydrogen) atoms. The molecule has 0 saturated carbocycles. The number of hydrogen-bond donors (Lipinski definition) is 2. The first-order valence-corrected chi connectivity index (χ1v) is 9.61. The fourth-order valence-electron chi connectivity index (χ4n) is 2.36. The van der Waals surface area contributed by atoms with Gasteiger partial charge in [-0.2, -0.15) is 8.78 Å². The highest BCUT2D eigenvalue weighted by molar-refractivity contribution is 5.93. The maximum atomic E-state index is 13.0. The number of alkyl halides is 4. The lowest BCUT2D eigenvalue weighted by Crippen LogP contribution is -2.34. The summed E-state index contributed by atoms with van der Waals surface area (Å²) < 4.78 is 55.1. The van der Waals surface area contributed by atoms with Crippen LogP contribution >= 0.6 is 0 Å². The molecule has 0 aliphatic heterocycles. The van der Waals surface area contributed by atoms with Crippen LogP contribution in [0.5, 0.6) is 5.88 Å². The number of carbonyl (C=O) groups excluding carboxylic acids is 2. The van der Waals surface area contributed by atoms with E-state index >= 15 is 0 Å². The predicted molar refractivity (Wildman–Crippen MR) is 107 cm³/mol. The Hall–Kier alpha value is -3.31. The minimum Gasteiger partial charge on any atom is -0.470 e. The van der Waals surface area contributed by atoms with Crippen LogP contribution in [0.4, 0.5) is 23.4 Å². The molecule has 1 atom stereocenters. The second-order valence-electron chi connectivity index (χ2n) is 7.38. The zero-order valence-corrected chi connectivity index (χ0v) is 17.8. The molecule has 174 valence electrons. The highest BCUT2D eigenvalue weighted by atomic mass is 19.3. The number of amides is 2. The van der Waals surface area contributed by atoms with E-state index in [1.807, 2.05) is 0 Å². The quantitative estimate of drug-likeness (QED) is 0.558. The molecule has 2 amide bonds. The Balaban J connectivity index is 2.04. The van der Waals surface area contributed by atoms with Crippen molar-refractivity contribution in [3.63, 3.8) is 0 Å². The van der Waals surface area contributed by atoms with Gasteiger partial charge in [0.25, 0.3) is 5.91 Å². The molecule has 8 nitrogen and oxygen atoms in total. The van der Waals surface area contributed by atoms with Gasteiger partial charge in [-0.05, 0) is 37.6 Å². The molecule has 2 aromatic heterocycles. The van der Waals surface area contributed by atoms with Crippen LogP contribution in [0, 0.1) is 12.8 Å². The van der Waals surface area contributed by atoms with E-state index in [0.717, 1.165) is 0 Å². The van der Waals surface area contributed by atoms with E-state index in [0.29, 0.717) is 11.4 Å². The maximum absolute atomic E-state index is 13.0. The number of ether oxygens (including phenoxy) is 1. The van der Waals surface area contributed by atoms with E-state index in [9.17, 15) is 27.2 Å². The standard InChI is InChI=1S/C20H23F4N5O3/c1-10(2)16(30)27-15-8-13(5-6-25-15)12(4)26-17(31)14-7-11(3)18(29-28-14)32-9-20(23,24)19(21)22/h5-8,10,12,19H,9H2,1-4H3,(H,26,31)(H,25,27,30). The van der Waals surface area contributed by atoms with Crippen LogP contribution in [0.2, 0.25) is 0 Å². The van der Waals surface area contributed by atoms with Crippen molar-refractivity contribution in [3.8, 4) is 5.88 Å². The van der Waals surface area contributed by atoms with E-state index in [1.165, 1.54) is 19.2 Å². The monoisotopic (exact) mass is 457 g/mol. The molecule has 0 fully saturated rings. The number of hydrogen-bond acceptors (Lipinski definition) is 6. The smallest absolute Gasteiger partial charge is 0.340 e. The fraction of sp³-hybridized carbons (Fsp3) is 0.450. The number of halogens is 4. The molecule has 0 aromatic carbocycles. The molecule has 2 heterocycles. The summed E-state index contributed by atoms with van der Waals surface area (Å²) in [6.45, 7) is 5.03. The Morgan fingerprint density at radius 3 is 2.44 bits per heavy atom.